The number of benzene rings is 2. The third-order valence-electron chi connectivity index (χ3n) is 5.29. The van der Waals surface area contributed by atoms with Crippen LogP contribution in [0.4, 0.5) is 22.0 Å². The van der Waals surface area contributed by atoms with Gasteiger partial charge in [0.2, 0.25) is 0 Å². The van der Waals surface area contributed by atoms with E-state index in [1.165, 1.54) is 23.0 Å². The van der Waals surface area contributed by atoms with E-state index in [2.05, 4.69) is 25.6 Å². The van der Waals surface area contributed by atoms with Gasteiger partial charge in [0.05, 0.1) is 22.4 Å². The minimum absolute atomic E-state index is 0.0418. The Morgan fingerprint density at radius 1 is 0.971 bits per heavy atom. The van der Waals surface area contributed by atoms with E-state index in [-0.39, 0.29) is 17.8 Å². The van der Waals surface area contributed by atoms with E-state index in [4.69, 9.17) is 0 Å². The summed E-state index contributed by atoms with van der Waals surface area (Å²) in [7, 11) is 0. The second kappa shape index (κ2) is 8.01. The van der Waals surface area contributed by atoms with Crippen LogP contribution < -0.4 is 0 Å². The summed E-state index contributed by atoms with van der Waals surface area (Å²) in [4.78, 5) is 4.59. The summed E-state index contributed by atoms with van der Waals surface area (Å²) in [6, 6.07) is 9.31. The van der Waals surface area contributed by atoms with E-state index in [0.29, 0.717) is 33.8 Å². The zero-order chi connectivity index (χ0) is 24.0. The molecule has 0 amide bonds. The van der Waals surface area contributed by atoms with E-state index >= 15 is 0 Å². The number of alkyl halides is 3. The highest BCUT2D eigenvalue weighted by atomic mass is 19.4. The van der Waals surface area contributed by atoms with Gasteiger partial charge in [-0.2, -0.15) is 23.0 Å². The number of halogens is 5. The predicted octanol–water partition coefficient (Wildman–Crippen LogP) is 4.11. The van der Waals surface area contributed by atoms with Crippen molar-refractivity contribution >= 4 is 11.0 Å². The molecule has 3 heterocycles. The lowest BCUT2D eigenvalue weighted by Crippen LogP contribution is -2.14. The smallest absolute Gasteiger partial charge is 0.328 e. The molecule has 0 N–H and O–H groups in total. The van der Waals surface area contributed by atoms with Crippen LogP contribution in [0.1, 0.15) is 24.3 Å². The Kier molecular flexibility index (Phi) is 5.10. The maximum absolute atomic E-state index is 14.3. The van der Waals surface area contributed by atoms with Crippen LogP contribution in [0.25, 0.3) is 22.4 Å². The van der Waals surface area contributed by atoms with E-state index < -0.39 is 23.6 Å². The number of hydrogen-bond acceptors (Lipinski definition) is 5. The highest BCUT2D eigenvalue weighted by molar-refractivity contribution is 5.78. The number of imidazole rings is 1. The van der Waals surface area contributed by atoms with Gasteiger partial charge in [0.15, 0.2) is 0 Å². The lowest BCUT2D eigenvalue weighted by Gasteiger charge is -2.10. The number of tetrazole rings is 1. The summed E-state index contributed by atoms with van der Waals surface area (Å²) in [6.45, 7) is 2.41. The fraction of sp³-hybridized carbons (Fsp3) is 0.190. The fourth-order valence-corrected chi connectivity index (χ4v) is 3.82. The predicted molar refractivity (Wildman–Crippen MR) is 109 cm³/mol. The molecule has 0 fully saturated rings. The molecule has 174 valence electrons. The van der Waals surface area contributed by atoms with Crippen molar-refractivity contribution in [3.63, 3.8) is 0 Å². The Morgan fingerprint density at radius 3 is 2.56 bits per heavy atom. The lowest BCUT2D eigenvalue weighted by molar-refractivity contribution is -0.146. The van der Waals surface area contributed by atoms with Gasteiger partial charge in [-0.3, -0.25) is 0 Å². The monoisotopic (exact) mass is 474 g/mol. The molecule has 2 aromatic carbocycles. The highest BCUT2D eigenvalue weighted by Gasteiger charge is 2.38. The first-order valence-electron chi connectivity index (χ1n) is 10.1. The molecular weight excluding hydrogens is 459 g/mol. The van der Waals surface area contributed by atoms with Gasteiger partial charge in [0.1, 0.15) is 23.1 Å². The minimum Gasteiger partial charge on any atom is -0.328 e. The van der Waals surface area contributed by atoms with Crippen molar-refractivity contribution in [2.24, 2.45) is 0 Å². The van der Waals surface area contributed by atoms with Crippen LogP contribution in [0.5, 0.6) is 0 Å². The Morgan fingerprint density at radius 2 is 1.79 bits per heavy atom. The third-order valence-corrected chi connectivity index (χ3v) is 5.29. The summed E-state index contributed by atoms with van der Waals surface area (Å²) >= 11 is 0. The first kappa shape index (κ1) is 21.7. The van der Waals surface area contributed by atoms with Gasteiger partial charge >= 0.3 is 6.18 Å². The zero-order valence-electron chi connectivity index (χ0n) is 17.5. The van der Waals surface area contributed by atoms with Crippen LogP contribution in [0, 0.1) is 11.6 Å². The van der Waals surface area contributed by atoms with Crippen molar-refractivity contribution in [2.45, 2.75) is 26.1 Å². The van der Waals surface area contributed by atoms with E-state index in [1.54, 1.807) is 12.1 Å². The molecule has 0 bridgehead atoms. The molecule has 0 aliphatic rings. The summed E-state index contributed by atoms with van der Waals surface area (Å²) in [5.41, 5.74) is 1.73. The van der Waals surface area contributed by atoms with Crippen molar-refractivity contribution < 1.29 is 22.0 Å². The number of fused-ring (bicyclic) bond motifs is 1. The average Bonchev–Trinajstić information content (AvgIpc) is 3.52. The molecule has 0 saturated heterocycles. The van der Waals surface area contributed by atoms with Gasteiger partial charge in [0, 0.05) is 25.2 Å². The second-order valence-corrected chi connectivity index (χ2v) is 7.36. The molecule has 13 heteroatoms. The van der Waals surface area contributed by atoms with Crippen molar-refractivity contribution in [3.8, 4) is 11.4 Å². The van der Waals surface area contributed by atoms with Crippen LogP contribution in [0.2, 0.25) is 0 Å². The lowest BCUT2D eigenvalue weighted by atomic mass is 10.2. The molecule has 0 atom stereocenters. The van der Waals surface area contributed by atoms with Gasteiger partial charge < -0.3 is 4.57 Å². The van der Waals surface area contributed by atoms with Crippen LogP contribution in [-0.4, -0.2) is 39.5 Å². The Bertz CT molecular complexity index is 1500. The molecule has 0 aliphatic carbocycles. The van der Waals surface area contributed by atoms with E-state index in [1.807, 2.05) is 11.5 Å². The number of rotatable bonds is 5. The third kappa shape index (κ3) is 3.68. The first-order valence-corrected chi connectivity index (χ1v) is 10.1. The van der Waals surface area contributed by atoms with Crippen LogP contribution in [0.3, 0.4) is 0 Å². The maximum Gasteiger partial charge on any atom is 0.453 e. The number of nitrogens with zero attached hydrogens (tertiary/aromatic N) is 8. The molecule has 8 nitrogen and oxygen atoms in total. The van der Waals surface area contributed by atoms with E-state index in [9.17, 15) is 22.0 Å². The molecule has 0 aliphatic heterocycles. The minimum atomic E-state index is -4.73. The first-order chi connectivity index (χ1) is 16.3. The molecule has 3 aromatic heterocycles. The van der Waals surface area contributed by atoms with Crippen molar-refractivity contribution in [2.75, 3.05) is 0 Å². The quantitative estimate of drug-likeness (QED) is 0.359. The maximum atomic E-state index is 14.3. The molecule has 5 rings (SSSR count). The standard InChI is InChI=1S/C21H15F5N8/c1-2-32-17-6-4-13(34-20(21(24,25)26)29-30-31-34)10-16(17)28-19(32)11-14-7-8-27-33(14)18-9-12(22)3-5-15(18)23/h3-10H,2,11H2,1H3. The van der Waals surface area contributed by atoms with Gasteiger partial charge in [-0.25, -0.2) is 18.4 Å². The Labute approximate surface area is 188 Å². The van der Waals surface area contributed by atoms with Crippen LogP contribution >= 0.6 is 0 Å². The van der Waals surface area contributed by atoms with Crippen molar-refractivity contribution in [3.05, 3.63) is 77.6 Å². The number of aromatic nitrogens is 8. The van der Waals surface area contributed by atoms with Gasteiger partial charge in [0.25, 0.3) is 5.82 Å². The Balaban J connectivity index is 1.56. The SMILES string of the molecule is CCn1c(Cc2ccnn2-c2cc(F)ccc2F)nc2cc(-n3nnnc3C(F)(F)F)ccc21. The topological polar surface area (TPSA) is 79.2 Å². The summed E-state index contributed by atoms with van der Waals surface area (Å²) in [5.74, 6) is -1.92. The number of aryl methyl sites for hydroxylation is 1. The normalized spacial score (nSPS) is 12.1. The Hall–Kier alpha value is -4.16. The fourth-order valence-electron chi connectivity index (χ4n) is 3.82. The molecular formula is C21H15F5N8. The van der Waals surface area contributed by atoms with Crippen molar-refractivity contribution in [1.82, 2.24) is 39.5 Å². The molecule has 5 aromatic rings. The second-order valence-electron chi connectivity index (χ2n) is 7.36. The van der Waals surface area contributed by atoms with Gasteiger partial charge in [-0.15, -0.1) is 5.10 Å². The van der Waals surface area contributed by atoms with Gasteiger partial charge in [-0.1, -0.05) is 0 Å². The van der Waals surface area contributed by atoms with Crippen LogP contribution in [0.15, 0.2) is 48.7 Å². The summed E-state index contributed by atoms with van der Waals surface area (Å²) in [6.07, 6.45) is -3.05. The highest BCUT2D eigenvalue weighted by Crippen LogP contribution is 2.29. The van der Waals surface area contributed by atoms with Gasteiger partial charge in [-0.05, 0) is 53.7 Å². The number of hydrogen-bond donors (Lipinski definition) is 0. The summed E-state index contributed by atoms with van der Waals surface area (Å²) < 4.78 is 71.4. The largest absolute Gasteiger partial charge is 0.453 e. The molecule has 0 radical (unpaired) electrons. The average molecular weight is 474 g/mol. The molecule has 0 saturated carbocycles. The molecule has 0 unspecified atom stereocenters. The zero-order valence-corrected chi connectivity index (χ0v) is 17.5. The summed E-state index contributed by atoms with van der Waals surface area (Å²) in [5, 5.41) is 13.8. The molecule has 0 spiro atoms. The van der Waals surface area contributed by atoms with E-state index in [0.717, 1.165) is 18.2 Å². The van der Waals surface area contributed by atoms with Crippen molar-refractivity contribution in [1.29, 1.82) is 0 Å². The van der Waals surface area contributed by atoms with Crippen LogP contribution in [-0.2, 0) is 19.1 Å². The molecule has 34 heavy (non-hydrogen) atoms.